The number of methoxy groups -OCH3 is 1. The lowest BCUT2D eigenvalue weighted by atomic mass is 10.1. The van der Waals surface area contributed by atoms with Gasteiger partial charge in [0.2, 0.25) is 5.95 Å². The number of hydrogen-bond donors (Lipinski definition) is 2. The predicted octanol–water partition coefficient (Wildman–Crippen LogP) is 2.66. The predicted molar refractivity (Wildman–Crippen MR) is 102 cm³/mol. The van der Waals surface area contributed by atoms with Gasteiger partial charge in [0.05, 0.1) is 24.7 Å². The van der Waals surface area contributed by atoms with Crippen molar-refractivity contribution in [3.63, 3.8) is 0 Å². The second-order valence-corrected chi connectivity index (χ2v) is 6.58. The average molecular weight is 376 g/mol. The van der Waals surface area contributed by atoms with Crippen LogP contribution in [-0.2, 0) is 13.0 Å². The van der Waals surface area contributed by atoms with Crippen molar-refractivity contribution in [2.75, 3.05) is 19.5 Å². The Bertz CT molecular complexity index is 955. The quantitative estimate of drug-likeness (QED) is 0.642. The average Bonchev–Trinajstić information content (AvgIpc) is 2.93. The van der Waals surface area contributed by atoms with Crippen LogP contribution < -0.4 is 10.5 Å². The van der Waals surface area contributed by atoms with E-state index in [0.29, 0.717) is 30.2 Å². The Morgan fingerprint density at radius 2 is 2.08 bits per heavy atom. The Kier molecular flexibility index (Phi) is 5.29. The van der Waals surface area contributed by atoms with Crippen LogP contribution in [0, 0.1) is 13.8 Å². The highest BCUT2D eigenvalue weighted by molar-refractivity contribution is 6.34. The van der Waals surface area contributed by atoms with Crippen LogP contribution in [0.25, 0.3) is 11.0 Å². The molecule has 3 aromatic rings. The molecule has 0 radical (unpaired) electrons. The SMILES string of the molecule is COc1c(C)cnc(Cn2cc(CCCO)c3c(Cl)nc(N)nc32)c1C. The molecule has 0 aliphatic heterocycles. The lowest BCUT2D eigenvalue weighted by Crippen LogP contribution is -2.07. The highest BCUT2D eigenvalue weighted by atomic mass is 35.5. The van der Waals surface area contributed by atoms with E-state index in [-0.39, 0.29) is 12.6 Å². The molecule has 138 valence electrons. The monoisotopic (exact) mass is 375 g/mol. The van der Waals surface area contributed by atoms with Gasteiger partial charge in [0.1, 0.15) is 16.5 Å². The van der Waals surface area contributed by atoms with E-state index in [4.69, 9.17) is 27.2 Å². The van der Waals surface area contributed by atoms with Crippen molar-refractivity contribution >= 4 is 28.6 Å². The highest BCUT2D eigenvalue weighted by Gasteiger charge is 2.17. The number of fused-ring (bicyclic) bond motifs is 1. The van der Waals surface area contributed by atoms with E-state index in [9.17, 15) is 0 Å². The van der Waals surface area contributed by atoms with Crippen LogP contribution in [0.15, 0.2) is 12.4 Å². The van der Waals surface area contributed by atoms with Gasteiger partial charge in [-0.25, -0.2) is 4.98 Å². The van der Waals surface area contributed by atoms with Crippen molar-refractivity contribution in [2.24, 2.45) is 0 Å². The molecule has 0 bridgehead atoms. The third kappa shape index (κ3) is 3.32. The first-order valence-electron chi connectivity index (χ1n) is 8.36. The molecule has 0 spiro atoms. The molecule has 3 aromatic heterocycles. The summed E-state index contributed by atoms with van der Waals surface area (Å²) < 4.78 is 7.46. The first-order chi connectivity index (χ1) is 12.5. The molecular weight excluding hydrogens is 354 g/mol. The molecule has 0 saturated heterocycles. The minimum Gasteiger partial charge on any atom is -0.496 e. The number of aliphatic hydroxyl groups is 1. The third-order valence-corrected chi connectivity index (χ3v) is 4.72. The van der Waals surface area contributed by atoms with Gasteiger partial charge in [-0.1, -0.05) is 11.6 Å². The van der Waals surface area contributed by atoms with Crippen LogP contribution in [-0.4, -0.2) is 38.3 Å². The number of aromatic nitrogens is 4. The van der Waals surface area contributed by atoms with Crippen LogP contribution in [0.1, 0.15) is 28.8 Å². The largest absolute Gasteiger partial charge is 0.496 e. The topological polar surface area (TPSA) is 99.1 Å². The number of nitrogens with zero attached hydrogens (tertiary/aromatic N) is 4. The Labute approximate surface area is 156 Å². The number of halogens is 1. The number of rotatable bonds is 6. The number of aliphatic hydroxyl groups excluding tert-OH is 1. The van der Waals surface area contributed by atoms with Crippen molar-refractivity contribution in [3.05, 3.63) is 39.9 Å². The molecule has 3 rings (SSSR count). The van der Waals surface area contributed by atoms with E-state index in [1.807, 2.05) is 24.6 Å². The second-order valence-electron chi connectivity index (χ2n) is 6.23. The second kappa shape index (κ2) is 7.47. The molecule has 0 amide bonds. The minimum absolute atomic E-state index is 0.107. The van der Waals surface area contributed by atoms with E-state index < -0.39 is 0 Å². The standard InChI is InChI=1S/C18H22ClN5O2/c1-10-7-21-13(11(2)15(10)26-3)9-24-8-12(5-4-6-25)14-16(19)22-18(20)23-17(14)24/h7-8,25H,4-6,9H2,1-3H3,(H2,20,22,23). The molecular formula is C18H22ClN5O2. The van der Waals surface area contributed by atoms with Gasteiger partial charge in [0.15, 0.2) is 0 Å². The fraction of sp³-hybridized carbons (Fsp3) is 0.389. The summed E-state index contributed by atoms with van der Waals surface area (Å²) in [5, 5.41) is 10.3. The zero-order valence-corrected chi connectivity index (χ0v) is 15.8. The van der Waals surface area contributed by atoms with E-state index >= 15 is 0 Å². The van der Waals surface area contributed by atoms with Crippen LogP contribution in [0.3, 0.4) is 0 Å². The lowest BCUT2D eigenvalue weighted by Gasteiger charge is -2.13. The zero-order valence-electron chi connectivity index (χ0n) is 15.1. The smallest absolute Gasteiger partial charge is 0.223 e. The molecule has 26 heavy (non-hydrogen) atoms. The van der Waals surface area contributed by atoms with Gasteiger partial charge in [0.25, 0.3) is 0 Å². The van der Waals surface area contributed by atoms with Gasteiger partial charge in [-0.2, -0.15) is 4.98 Å². The Balaban J connectivity index is 2.11. The Morgan fingerprint density at radius 1 is 1.31 bits per heavy atom. The third-order valence-electron chi connectivity index (χ3n) is 4.44. The maximum absolute atomic E-state index is 9.16. The Hall–Kier alpha value is -2.38. The maximum atomic E-state index is 9.16. The van der Waals surface area contributed by atoms with Gasteiger partial charge >= 0.3 is 0 Å². The van der Waals surface area contributed by atoms with Gasteiger partial charge in [-0.15, -0.1) is 0 Å². The first-order valence-corrected chi connectivity index (χ1v) is 8.74. The molecule has 3 N–H and O–H groups in total. The number of nitrogens with two attached hydrogens (primary N) is 1. The molecule has 7 nitrogen and oxygen atoms in total. The normalized spacial score (nSPS) is 11.3. The number of anilines is 1. The summed E-state index contributed by atoms with van der Waals surface area (Å²) in [4.78, 5) is 13.0. The van der Waals surface area contributed by atoms with E-state index in [1.165, 1.54) is 0 Å². The molecule has 3 heterocycles. The summed E-state index contributed by atoms with van der Waals surface area (Å²) in [5.41, 5.74) is 10.3. The van der Waals surface area contributed by atoms with E-state index in [0.717, 1.165) is 33.5 Å². The summed E-state index contributed by atoms with van der Waals surface area (Å²) >= 11 is 6.32. The molecule has 0 aliphatic carbocycles. The zero-order chi connectivity index (χ0) is 18.8. The van der Waals surface area contributed by atoms with Crippen LogP contribution in [0.4, 0.5) is 5.95 Å². The summed E-state index contributed by atoms with van der Waals surface area (Å²) in [6.07, 6.45) is 5.09. The van der Waals surface area contributed by atoms with Gasteiger partial charge in [0, 0.05) is 30.1 Å². The summed E-state index contributed by atoms with van der Waals surface area (Å²) in [7, 11) is 1.66. The van der Waals surface area contributed by atoms with Crippen molar-refractivity contribution in [3.8, 4) is 5.75 Å². The van der Waals surface area contributed by atoms with Crippen molar-refractivity contribution in [1.82, 2.24) is 19.5 Å². The molecule has 0 saturated carbocycles. The van der Waals surface area contributed by atoms with Crippen molar-refractivity contribution in [1.29, 1.82) is 0 Å². The van der Waals surface area contributed by atoms with Crippen LogP contribution in [0.2, 0.25) is 5.15 Å². The Morgan fingerprint density at radius 3 is 2.77 bits per heavy atom. The molecule has 0 aromatic carbocycles. The summed E-state index contributed by atoms with van der Waals surface area (Å²) in [6, 6.07) is 0. The number of pyridine rings is 1. The molecule has 0 fully saturated rings. The van der Waals surface area contributed by atoms with Crippen LogP contribution >= 0.6 is 11.6 Å². The molecule has 0 aliphatic rings. The first kappa shape index (κ1) is 18.4. The minimum atomic E-state index is 0.107. The van der Waals surface area contributed by atoms with E-state index in [1.54, 1.807) is 13.3 Å². The number of nitrogen functional groups attached to an aromatic ring is 1. The van der Waals surface area contributed by atoms with E-state index in [2.05, 4.69) is 15.0 Å². The fourth-order valence-corrected chi connectivity index (χ4v) is 3.50. The van der Waals surface area contributed by atoms with Crippen molar-refractivity contribution < 1.29 is 9.84 Å². The summed E-state index contributed by atoms with van der Waals surface area (Å²) in [6.45, 7) is 4.57. The maximum Gasteiger partial charge on any atom is 0.223 e. The fourth-order valence-electron chi connectivity index (χ4n) is 3.21. The highest BCUT2D eigenvalue weighted by Crippen LogP contribution is 2.30. The van der Waals surface area contributed by atoms with Crippen molar-refractivity contribution in [2.45, 2.75) is 33.2 Å². The molecule has 8 heteroatoms. The molecule has 0 atom stereocenters. The van der Waals surface area contributed by atoms with Gasteiger partial charge in [-0.05, 0) is 32.3 Å². The molecule has 0 unspecified atom stereocenters. The van der Waals surface area contributed by atoms with Gasteiger partial charge in [-0.3, -0.25) is 4.98 Å². The number of aryl methyl sites for hydroxylation is 2. The number of hydrogen-bond acceptors (Lipinski definition) is 6. The summed E-state index contributed by atoms with van der Waals surface area (Å²) in [5.74, 6) is 0.959. The lowest BCUT2D eigenvalue weighted by molar-refractivity contribution is 0.288. The number of ether oxygens (including phenoxy) is 1. The van der Waals surface area contributed by atoms with Gasteiger partial charge < -0.3 is 20.1 Å². The van der Waals surface area contributed by atoms with Crippen LogP contribution in [0.5, 0.6) is 5.75 Å².